The molecule has 0 radical (unpaired) electrons. The first kappa shape index (κ1) is 16.0. The number of ether oxygens (including phenoxy) is 1. The van der Waals surface area contributed by atoms with Crippen molar-refractivity contribution in [2.45, 2.75) is 38.6 Å². The van der Waals surface area contributed by atoms with E-state index in [1.165, 1.54) is 12.1 Å². The standard InChI is InChI=1S/C17H22FN3O2/c1-12(2)21-14(6-7-19-21)9-20-10-16(22)17(11-20)23-15-5-3-4-13(18)8-15/h3-8,12,16-17,22H,9-11H2,1-2H3/t16-,17-/m1/s1. The smallest absolute Gasteiger partial charge is 0.138 e. The molecule has 1 fully saturated rings. The molecule has 0 unspecified atom stereocenters. The Morgan fingerprint density at radius 1 is 1.35 bits per heavy atom. The van der Waals surface area contributed by atoms with Crippen molar-refractivity contribution < 1.29 is 14.2 Å². The van der Waals surface area contributed by atoms with Crippen molar-refractivity contribution in [1.29, 1.82) is 0 Å². The van der Waals surface area contributed by atoms with Gasteiger partial charge in [-0.15, -0.1) is 0 Å². The lowest BCUT2D eigenvalue weighted by atomic mass is 10.2. The van der Waals surface area contributed by atoms with Crippen LogP contribution in [0.15, 0.2) is 36.5 Å². The summed E-state index contributed by atoms with van der Waals surface area (Å²) in [6.07, 6.45) is 0.851. The normalized spacial score (nSPS) is 22.0. The number of likely N-dealkylation sites (tertiary alicyclic amines) is 1. The molecular formula is C17H22FN3O2. The Morgan fingerprint density at radius 3 is 2.91 bits per heavy atom. The maximum absolute atomic E-state index is 13.2. The monoisotopic (exact) mass is 319 g/mol. The summed E-state index contributed by atoms with van der Waals surface area (Å²) in [6.45, 7) is 6.01. The van der Waals surface area contributed by atoms with E-state index in [0.29, 0.717) is 31.4 Å². The predicted octanol–water partition coefficient (Wildman–Crippen LogP) is 2.23. The number of aliphatic hydroxyl groups is 1. The predicted molar refractivity (Wildman–Crippen MR) is 84.7 cm³/mol. The first-order chi connectivity index (χ1) is 11.0. The summed E-state index contributed by atoms with van der Waals surface area (Å²) < 4.78 is 20.9. The van der Waals surface area contributed by atoms with Crippen molar-refractivity contribution in [3.63, 3.8) is 0 Å². The molecular weight excluding hydrogens is 297 g/mol. The Hall–Kier alpha value is -1.92. The number of benzene rings is 1. The quantitative estimate of drug-likeness (QED) is 0.918. The van der Waals surface area contributed by atoms with E-state index in [9.17, 15) is 9.50 Å². The number of nitrogens with zero attached hydrogens (tertiary/aromatic N) is 3. The SMILES string of the molecule is CC(C)n1nccc1CN1C[C@@H](O)[C@H](Oc2cccc(F)c2)C1. The van der Waals surface area contributed by atoms with Crippen LogP contribution in [0.5, 0.6) is 5.75 Å². The van der Waals surface area contributed by atoms with E-state index >= 15 is 0 Å². The molecule has 5 nitrogen and oxygen atoms in total. The van der Waals surface area contributed by atoms with Crippen molar-refractivity contribution in [1.82, 2.24) is 14.7 Å². The van der Waals surface area contributed by atoms with Gasteiger partial charge in [-0.2, -0.15) is 5.10 Å². The van der Waals surface area contributed by atoms with Crippen LogP contribution in [0, 0.1) is 5.82 Å². The Morgan fingerprint density at radius 2 is 2.17 bits per heavy atom. The van der Waals surface area contributed by atoms with Crippen molar-refractivity contribution in [3.8, 4) is 5.75 Å². The second-order valence-corrected chi connectivity index (χ2v) is 6.24. The van der Waals surface area contributed by atoms with Gasteiger partial charge >= 0.3 is 0 Å². The zero-order valence-corrected chi connectivity index (χ0v) is 13.4. The summed E-state index contributed by atoms with van der Waals surface area (Å²) in [4.78, 5) is 2.13. The van der Waals surface area contributed by atoms with E-state index in [0.717, 1.165) is 5.69 Å². The van der Waals surface area contributed by atoms with Gasteiger partial charge in [-0.05, 0) is 32.0 Å². The zero-order valence-electron chi connectivity index (χ0n) is 13.4. The number of halogens is 1. The Bertz CT molecular complexity index is 659. The van der Waals surface area contributed by atoms with Crippen molar-refractivity contribution in [3.05, 3.63) is 48.0 Å². The topological polar surface area (TPSA) is 50.5 Å². The summed E-state index contributed by atoms with van der Waals surface area (Å²) in [6, 6.07) is 8.30. The molecule has 1 N–H and O–H groups in total. The summed E-state index contributed by atoms with van der Waals surface area (Å²) in [5.74, 6) is 0.107. The van der Waals surface area contributed by atoms with E-state index in [4.69, 9.17) is 4.74 Å². The highest BCUT2D eigenvalue weighted by atomic mass is 19.1. The third kappa shape index (κ3) is 3.71. The molecule has 0 saturated carbocycles. The molecule has 1 aromatic carbocycles. The average Bonchev–Trinajstić information content (AvgIpc) is 3.07. The van der Waals surface area contributed by atoms with Gasteiger partial charge in [0.15, 0.2) is 0 Å². The molecule has 3 rings (SSSR count). The van der Waals surface area contributed by atoms with Crippen LogP contribution in [-0.2, 0) is 6.54 Å². The number of hydrogen-bond donors (Lipinski definition) is 1. The third-order valence-electron chi connectivity index (χ3n) is 4.02. The summed E-state index contributed by atoms with van der Waals surface area (Å²) in [7, 11) is 0. The zero-order chi connectivity index (χ0) is 16.4. The maximum atomic E-state index is 13.2. The second kappa shape index (κ2) is 6.68. The fourth-order valence-corrected chi connectivity index (χ4v) is 2.95. The van der Waals surface area contributed by atoms with Crippen molar-refractivity contribution >= 4 is 0 Å². The van der Waals surface area contributed by atoms with Crippen molar-refractivity contribution in [2.75, 3.05) is 13.1 Å². The van der Waals surface area contributed by atoms with E-state index < -0.39 is 6.10 Å². The van der Waals surface area contributed by atoms with Crippen LogP contribution in [0.3, 0.4) is 0 Å². The molecule has 2 heterocycles. The molecule has 2 aromatic rings. The number of hydrogen-bond acceptors (Lipinski definition) is 4. The molecule has 0 bridgehead atoms. The highest BCUT2D eigenvalue weighted by molar-refractivity contribution is 5.23. The van der Waals surface area contributed by atoms with Gasteiger partial charge in [0.1, 0.15) is 23.8 Å². The van der Waals surface area contributed by atoms with Gasteiger partial charge in [0, 0.05) is 37.9 Å². The number of rotatable bonds is 5. The molecule has 6 heteroatoms. The van der Waals surface area contributed by atoms with E-state index in [-0.39, 0.29) is 11.9 Å². The maximum Gasteiger partial charge on any atom is 0.138 e. The Balaban J connectivity index is 1.63. The first-order valence-electron chi connectivity index (χ1n) is 7.88. The largest absolute Gasteiger partial charge is 0.486 e. The third-order valence-corrected chi connectivity index (χ3v) is 4.02. The van der Waals surface area contributed by atoms with Gasteiger partial charge in [0.05, 0.1) is 5.69 Å². The number of β-amino-alcohol motifs (C(OH)–C–C–N with tert-alkyl or cyclic N) is 1. The van der Waals surface area contributed by atoms with E-state index in [1.54, 1.807) is 18.3 Å². The van der Waals surface area contributed by atoms with E-state index in [1.807, 2.05) is 10.7 Å². The molecule has 1 aliphatic heterocycles. The molecule has 1 aliphatic rings. The Kier molecular flexibility index (Phi) is 4.63. The van der Waals surface area contributed by atoms with Crippen LogP contribution < -0.4 is 4.74 Å². The van der Waals surface area contributed by atoms with E-state index in [2.05, 4.69) is 23.8 Å². The lowest BCUT2D eigenvalue weighted by Gasteiger charge is -2.18. The number of aromatic nitrogens is 2. The van der Waals surface area contributed by atoms with Gasteiger partial charge in [0.25, 0.3) is 0 Å². The second-order valence-electron chi connectivity index (χ2n) is 6.24. The highest BCUT2D eigenvalue weighted by Crippen LogP contribution is 2.21. The van der Waals surface area contributed by atoms with Crippen LogP contribution in [0.4, 0.5) is 4.39 Å². The van der Waals surface area contributed by atoms with Crippen LogP contribution in [0.1, 0.15) is 25.6 Å². The molecule has 124 valence electrons. The highest BCUT2D eigenvalue weighted by Gasteiger charge is 2.33. The molecule has 2 atom stereocenters. The van der Waals surface area contributed by atoms with Gasteiger partial charge < -0.3 is 9.84 Å². The van der Waals surface area contributed by atoms with Gasteiger partial charge in [-0.3, -0.25) is 9.58 Å². The first-order valence-corrected chi connectivity index (χ1v) is 7.88. The van der Waals surface area contributed by atoms with Crippen LogP contribution in [0.25, 0.3) is 0 Å². The minimum Gasteiger partial charge on any atom is -0.486 e. The minimum absolute atomic E-state index is 0.298. The van der Waals surface area contributed by atoms with Gasteiger partial charge in [-0.1, -0.05) is 6.07 Å². The fourth-order valence-electron chi connectivity index (χ4n) is 2.95. The van der Waals surface area contributed by atoms with Crippen molar-refractivity contribution in [2.24, 2.45) is 0 Å². The summed E-state index contributed by atoms with van der Waals surface area (Å²) in [5, 5.41) is 14.5. The molecule has 1 aromatic heterocycles. The molecule has 0 amide bonds. The number of aliphatic hydroxyl groups excluding tert-OH is 1. The lowest BCUT2D eigenvalue weighted by molar-refractivity contribution is 0.0734. The average molecular weight is 319 g/mol. The van der Waals surface area contributed by atoms with Crippen LogP contribution in [0.2, 0.25) is 0 Å². The summed E-state index contributed by atoms with van der Waals surface area (Å²) >= 11 is 0. The molecule has 0 spiro atoms. The van der Waals surface area contributed by atoms with Gasteiger partial charge in [0.2, 0.25) is 0 Å². The Labute approximate surface area is 135 Å². The summed E-state index contributed by atoms with van der Waals surface area (Å²) in [5.41, 5.74) is 1.11. The fraction of sp³-hybridized carbons (Fsp3) is 0.471. The van der Waals surface area contributed by atoms with Crippen LogP contribution in [-0.4, -0.2) is 45.1 Å². The lowest BCUT2D eigenvalue weighted by Crippen LogP contribution is -2.30. The molecule has 1 saturated heterocycles. The molecule has 0 aliphatic carbocycles. The van der Waals surface area contributed by atoms with Gasteiger partial charge in [-0.25, -0.2) is 4.39 Å². The van der Waals surface area contributed by atoms with Crippen LogP contribution >= 0.6 is 0 Å². The minimum atomic E-state index is -0.589. The molecule has 23 heavy (non-hydrogen) atoms.